The highest BCUT2D eigenvalue weighted by atomic mass is 79.9. The Balaban J connectivity index is 2.49. The molecule has 0 atom stereocenters. The zero-order valence-corrected chi connectivity index (χ0v) is 12.6. The maximum Gasteiger partial charge on any atom is 0.373 e. The Hall–Kier alpha value is -1.69. The van der Waals surface area contributed by atoms with Gasteiger partial charge in [0.1, 0.15) is 5.82 Å². The number of carboxylic acid groups (broad SMARTS) is 1. The van der Waals surface area contributed by atoms with Crippen molar-refractivity contribution in [3.8, 4) is 11.5 Å². The van der Waals surface area contributed by atoms with Crippen LogP contribution in [0, 0.1) is 11.7 Å². The highest BCUT2D eigenvalue weighted by molar-refractivity contribution is 9.10. The number of oxazole rings is 1. The molecule has 0 fully saturated rings. The first-order valence-electron chi connectivity index (χ1n) is 6.06. The predicted molar refractivity (Wildman–Crippen MR) is 75.1 cm³/mol. The molecule has 0 saturated heterocycles. The van der Waals surface area contributed by atoms with E-state index >= 15 is 0 Å². The molecule has 20 heavy (non-hydrogen) atoms. The van der Waals surface area contributed by atoms with Crippen molar-refractivity contribution in [1.82, 2.24) is 4.98 Å². The summed E-state index contributed by atoms with van der Waals surface area (Å²) >= 11 is 3.18. The lowest BCUT2D eigenvalue weighted by molar-refractivity contribution is 0.0661. The normalized spacial score (nSPS) is 11.1. The van der Waals surface area contributed by atoms with Crippen LogP contribution in [0.4, 0.5) is 4.39 Å². The standard InChI is InChI=1S/C14H13BrFNO3/c1-7(2)3-11-12(14(18)19)20-13(17-11)8-4-9(15)6-10(16)5-8/h4-7H,3H2,1-2H3,(H,18,19). The molecule has 2 aromatic rings. The summed E-state index contributed by atoms with van der Waals surface area (Å²) in [5, 5.41) is 9.13. The molecule has 106 valence electrons. The van der Waals surface area contributed by atoms with Crippen molar-refractivity contribution in [1.29, 1.82) is 0 Å². The number of benzene rings is 1. The molecule has 0 unspecified atom stereocenters. The fourth-order valence-corrected chi connectivity index (χ4v) is 2.31. The van der Waals surface area contributed by atoms with Gasteiger partial charge in [0.15, 0.2) is 0 Å². The second kappa shape index (κ2) is 5.75. The Kier molecular flexibility index (Phi) is 4.23. The van der Waals surface area contributed by atoms with Gasteiger partial charge in [-0.25, -0.2) is 14.2 Å². The van der Waals surface area contributed by atoms with E-state index in [0.717, 1.165) is 0 Å². The third-order valence-corrected chi connectivity index (χ3v) is 3.06. The summed E-state index contributed by atoms with van der Waals surface area (Å²) < 4.78 is 19.2. The van der Waals surface area contributed by atoms with E-state index in [9.17, 15) is 9.18 Å². The van der Waals surface area contributed by atoms with Crippen LogP contribution in [0.25, 0.3) is 11.5 Å². The van der Waals surface area contributed by atoms with E-state index in [1.54, 1.807) is 6.07 Å². The number of hydrogen-bond donors (Lipinski definition) is 1. The number of carboxylic acids is 1. The highest BCUT2D eigenvalue weighted by Gasteiger charge is 2.21. The molecule has 1 heterocycles. The lowest BCUT2D eigenvalue weighted by atomic mass is 10.1. The monoisotopic (exact) mass is 341 g/mol. The molecule has 2 rings (SSSR count). The molecule has 0 spiro atoms. The van der Waals surface area contributed by atoms with Gasteiger partial charge in [0.25, 0.3) is 0 Å². The van der Waals surface area contributed by atoms with Crippen LogP contribution < -0.4 is 0 Å². The second-order valence-corrected chi connectivity index (χ2v) is 5.77. The van der Waals surface area contributed by atoms with Gasteiger partial charge in [-0.15, -0.1) is 0 Å². The van der Waals surface area contributed by atoms with Gasteiger partial charge >= 0.3 is 5.97 Å². The molecule has 0 aliphatic heterocycles. The fraction of sp³-hybridized carbons (Fsp3) is 0.286. The Labute approximate surface area is 123 Å². The fourth-order valence-electron chi connectivity index (χ4n) is 1.84. The SMILES string of the molecule is CC(C)Cc1nc(-c2cc(F)cc(Br)c2)oc1C(=O)O. The van der Waals surface area contributed by atoms with Gasteiger partial charge in [0.05, 0.1) is 5.69 Å². The maximum absolute atomic E-state index is 13.4. The third kappa shape index (κ3) is 3.25. The minimum absolute atomic E-state index is 0.109. The van der Waals surface area contributed by atoms with Crippen LogP contribution in [0.5, 0.6) is 0 Å². The number of nitrogens with zero attached hydrogens (tertiary/aromatic N) is 1. The van der Waals surface area contributed by atoms with E-state index in [-0.39, 0.29) is 17.6 Å². The topological polar surface area (TPSA) is 63.3 Å². The molecule has 0 amide bonds. The number of aromatic carboxylic acids is 1. The van der Waals surface area contributed by atoms with Crippen LogP contribution in [0.15, 0.2) is 27.1 Å². The minimum Gasteiger partial charge on any atom is -0.475 e. The van der Waals surface area contributed by atoms with E-state index in [1.165, 1.54) is 12.1 Å². The van der Waals surface area contributed by atoms with Gasteiger partial charge in [-0.3, -0.25) is 0 Å². The molecule has 0 bridgehead atoms. The molecule has 0 radical (unpaired) electrons. The Morgan fingerprint density at radius 2 is 2.15 bits per heavy atom. The van der Waals surface area contributed by atoms with E-state index in [2.05, 4.69) is 20.9 Å². The lowest BCUT2D eigenvalue weighted by Crippen LogP contribution is -2.03. The van der Waals surface area contributed by atoms with Crippen molar-refractivity contribution in [3.63, 3.8) is 0 Å². The largest absolute Gasteiger partial charge is 0.475 e. The second-order valence-electron chi connectivity index (χ2n) is 4.86. The van der Waals surface area contributed by atoms with Crippen molar-refractivity contribution < 1.29 is 18.7 Å². The van der Waals surface area contributed by atoms with Crippen LogP contribution in [0.1, 0.15) is 30.1 Å². The average Bonchev–Trinajstić information content (AvgIpc) is 2.70. The molecule has 1 aromatic heterocycles. The first kappa shape index (κ1) is 14.7. The first-order valence-corrected chi connectivity index (χ1v) is 6.85. The summed E-state index contributed by atoms with van der Waals surface area (Å²) in [5.74, 6) is -1.46. The minimum atomic E-state index is -1.17. The van der Waals surface area contributed by atoms with Crippen molar-refractivity contribution in [3.05, 3.63) is 39.9 Å². The van der Waals surface area contributed by atoms with E-state index in [4.69, 9.17) is 9.52 Å². The molecular weight excluding hydrogens is 329 g/mol. The van der Waals surface area contributed by atoms with Crippen LogP contribution in [0.2, 0.25) is 0 Å². The van der Waals surface area contributed by atoms with Gasteiger partial charge < -0.3 is 9.52 Å². The quantitative estimate of drug-likeness (QED) is 0.907. The van der Waals surface area contributed by atoms with Gasteiger partial charge in [0.2, 0.25) is 11.7 Å². The maximum atomic E-state index is 13.4. The molecular formula is C14H13BrFNO3. The number of rotatable bonds is 4. The Morgan fingerprint density at radius 1 is 1.45 bits per heavy atom. The number of hydrogen-bond acceptors (Lipinski definition) is 3. The van der Waals surface area contributed by atoms with Gasteiger partial charge in [-0.05, 0) is 30.5 Å². The zero-order valence-electron chi connectivity index (χ0n) is 11.0. The van der Waals surface area contributed by atoms with Crippen LogP contribution in [0.3, 0.4) is 0 Å². The summed E-state index contributed by atoms with van der Waals surface area (Å²) in [5.41, 5.74) is 0.775. The summed E-state index contributed by atoms with van der Waals surface area (Å²) in [7, 11) is 0. The van der Waals surface area contributed by atoms with Crippen molar-refractivity contribution in [2.75, 3.05) is 0 Å². The molecule has 1 N–H and O–H groups in total. The summed E-state index contributed by atoms with van der Waals surface area (Å²) in [4.78, 5) is 15.4. The van der Waals surface area contributed by atoms with Crippen LogP contribution in [-0.4, -0.2) is 16.1 Å². The van der Waals surface area contributed by atoms with Crippen LogP contribution >= 0.6 is 15.9 Å². The average molecular weight is 342 g/mol. The first-order chi connectivity index (χ1) is 9.36. The molecule has 6 heteroatoms. The van der Waals surface area contributed by atoms with Gasteiger partial charge in [-0.1, -0.05) is 29.8 Å². The van der Waals surface area contributed by atoms with Gasteiger partial charge in [-0.2, -0.15) is 0 Å². The Morgan fingerprint density at radius 3 is 2.70 bits per heavy atom. The van der Waals surface area contributed by atoms with Crippen LogP contribution in [-0.2, 0) is 6.42 Å². The smallest absolute Gasteiger partial charge is 0.373 e. The summed E-state index contributed by atoms with van der Waals surface area (Å²) in [6.45, 7) is 3.91. The molecule has 1 aromatic carbocycles. The van der Waals surface area contributed by atoms with E-state index in [1.807, 2.05) is 13.8 Å². The lowest BCUT2D eigenvalue weighted by Gasteiger charge is -2.00. The van der Waals surface area contributed by atoms with Crippen molar-refractivity contribution in [2.45, 2.75) is 20.3 Å². The van der Waals surface area contributed by atoms with Crippen molar-refractivity contribution in [2.24, 2.45) is 5.92 Å². The zero-order chi connectivity index (χ0) is 14.9. The molecule has 4 nitrogen and oxygen atoms in total. The predicted octanol–water partition coefficient (Wildman–Crippen LogP) is 4.14. The summed E-state index contributed by atoms with van der Waals surface area (Å²) in [6, 6.07) is 4.18. The van der Waals surface area contributed by atoms with E-state index < -0.39 is 11.8 Å². The number of aromatic nitrogens is 1. The van der Waals surface area contributed by atoms with Gasteiger partial charge in [0, 0.05) is 10.0 Å². The number of carbonyl (C=O) groups is 1. The molecule has 0 aliphatic rings. The summed E-state index contributed by atoms with van der Waals surface area (Å²) in [6.07, 6.45) is 0.488. The highest BCUT2D eigenvalue weighted by Crippen LogP contribution is 2.27. The van der Waals surface area contributed by atoms with Crippen molar-refractivity contribution >= 4 is 21.9 Å². The van der Waals surface area contributed by atoms with E-state index in [0.29, 0.717) is 22.2 Å². The molecule has 0 aliphatic carbocycles. The Bertz CT molecular complexity index is 632. The number of halogens is 2. The molecule has 0 saturated carbocycles. The third-order valence-electron chi connectivity index (χ3n) is 2.60.